The summed E-state index contributed by atoms with van der Waals surface area (Å²) in [7, 11) is -2.18. The molecule has 2 aromatic rings. The fourth-order valence-corrected chi connectivity index (χ4v) is 2.97. The minimum Gasteiger partial charge on any atom is -0.497 e. The van der Waals surface area contributed by atoms with Gasteiger partial charge in [-0.2, -0.15) is 0 Å². The van der Waals surface area contributed by atoms with E-state index in [0.717, 1.165) is 11.3 Å². The summed E-state index contributed by atoms with van der Waals surface area (Å²) in [6, 6.07) is 12.9. The van der Waals surface area contributed by atoms with Crippen LogP contribution in [-0.4, -0.2) is 28.0 Å². The molecule has 0 atom stereocenters. The number of methoxy groups -OCH3 is 1. The molecule has 2 rings (SSSR count). The minimum absolute atomic E-state index is 0.0508. The molecular formula is C16H17ClN2O4S. The van der Waals surface area contributed by atoms with Crippen molar-refractivity contribution in [2.45, 2.75) is 11.4 Å². The maximum Gasteiger partial charge on any atom is 0.241 e. The van der Waals surface area contributed by atoms with Crippen LogP contribution < -0.4 is 14.8 Å². The Bertz CT molecular complexity index is 790. The largest absolute Gasteiger partial charge is 0.497 e. The van der Waals surface area contributed by atoms with Crippen molar-refractivity contribution in [1.82, 2.24) is 10.0 Å². The van der Waals surface area contributed by atoms with E-state index in [1.54, 1.807) is 19.2 Å². The number of hydrogen-bond donors (Lipinski definition) is 2. The van der Waals surface area contributed by atoms with Crippen LogP contribution in [0, 0.1) is 0 Å². The summed E-state index contributed by atoms with van der Waals surface area (Å²) < 4.78 is 31.4. The van der Waals surface area contributed by atoms with E-state index in [2.05, 4.69) is 10.0 Å². The molecule has 0 fully saturated rings. The van der Waals surface area contributed by atoms with Gasteiger partial charge in [-0.05, 0) is 42.0 Å². The van der Waals surface area contributed by atoms with Gasteiger partial charge in [0.1, 0.15) is 5.75 Å². The number of amides is 1. The lowest BCUT2D eigenvalue weighted by molar-refractivity contribution is -0.120. The van der Waals surface area contributed by atoms with Gasteiger partial charge in [-0.1, -0.05) is 23.7 Å². The lowest BCUT2D eigenvalue weighted by Crippen LogP contribution is -2.36. The Balaban J connectivity index is 1.84. The zero-order chi connectivity index (χ0) is 17.6. The molecule has 1 amide bonds. The molecule has 6 nitrogen and oxygen atoms in total. The van der Waals surface area contributed by atoms with Crippen LogP contribution in [0.4, 0.5) is 0 Å². The molecule has 24 heavy (non-hydrogen) atoms. The van der Waals surface area contributed by atoms with Crippen molar-refractivity contribution in [2.24, 2.45) is 0 Å². The van der Waals surface area contributed by atoms with Gasteiger partial charge >= 0.3 is 0 Å². The number of benzene rings is 2. The van der Waals surface area contributed by atoms with Gasteiger partial charge in [-0.25, -0.2) is 13.1 Å². The maximum absolute atomic E-state index is 12.0. The van der Waals surface area contributed by atoms with E-state index in [9.17, 15) is 13.2 Å². The van der Waals surface area contributed by atoms with E-state index in [4.69, 9.17) is 16.3 Å². The molecule has 0 saturated heterocycles. The molecule has 0 aliphatic rings. The highest BCUT2D eigenvalue weighted by molar-refractivity contribution is 7.89. The van der Waals surface area contributed by atoms with Gasteiger partial charge in [0.2, 0.25) is 15.9 Å². The predicted octanol–water partition coefficient (Wildman–Crippen LogP) is 1.94. The molecule has 0 aliphatic carbocycles. The molecule has 8 heteroatoms. The third kappa shape index (κ3) is 5.23. The molecule has 128 valence electrons. The first-order valence-corrected chi connectivity index (χ1v) is 8.92. The summed E-state index contributed by atoms with van der Waals surface area (Å²) in [6.07, 6.45) is 0. The molecular weight excluding hydrogens is 352 g/mol. The minimum atomic E-state index is -3.75. The summed E-state index contributed by atoms with van der Waals surface area (Å²) in [5.74, 6) is 0.296. The first-order chi connectivity index (χ1) is 11.4. The van der Waals surface area contributed by atoms with Crippen molar-refractivity contribution >= 4 is 27.5 Å². The highest BCUT2D eigenvalue weighted by atomic mass is 35.5. The predicted molar refractivity (Wildman–Crippen MR) is 91.5 cm³/mol. The molecule has 0 unspecified atom stereocenters. The Kier molecular flexibility index (Phi) is 6.19. The topological polar surface area (TPSA) is 84.5 Å². The molecule has 0 radical (unpaired) electrons. The molecule has 0 spiro atoms. The van der Waals surface area contributed by atoms with E-state index in [1.807, 2.05) is 12.1 Å². The number of carbonyl (C=O) groups excluding carboxylic acids is 1. The van der Waals surface area contributed by atoms with Gasteiger partial charge in [0.15, 0.2) is 0 Å². The highest BCUT2D eigenvalue weighted by Crippen LogP contribution is 2.13. The van der Waals surface area contributed by atoms with Crippen LogP contribution in [0.2, 0.25) is 5.02 Å². The Morgan fingerprint density at radius 1 is 1.08 bits per heavy atom. The third-order valence-corrected chi connectivity index (χ3v) is 4.86. The second-order valence-corrected chi connectivity index (χ2v) is 7.11. The molecule has 0 aromatic heterocycles. The number of ether oxygens (including phenoxy) is 1. The zero-order valence-corrected chi connectivity index (χ0v) is 14.5. The smallest absolute Gasteiger partial charge is 0.241 e. The Morgan fingerprint density at radius 2 is 1.71 bits per heavy atom. The quantitative estimate of drug-likeness (QED) is 0.782. The van der Waals surface area contributed by atoms with Crippen molar-refractivity contribution in [2.75, 3.05) is 13.7 Å². The second-order valence-electron chi connectivity index (χ2n) is 4.90. The van der Waals surface area contributed by atoms with Crippen molar-refractivity contribution in [1.29, 1.82) is 0 Å². The maximum atomic E-state index is 12.0. The summed E-state index contributed by atoms with van der Waals surface area (Å²) in [5.41, 5.74) is 0.879. The Morgan fingerprint density at radius 3 is 2.29 bits per heavy atom. The van der Waals surface area contributed by atoms with Crippen LogP contribution in [-0.2, 0) is 21.4 Å². The van der Waals surface area contributed by atoms with Gasteiger partial charge in [-0.15, -0.1) is 0 Å². The van der Waals surface area contributed by atoms with Gasteiger partial charge in [-0.3, -0.25) is 4.79 Å². The van der Waals surface area contributed by atoms with E-state index in [0.29, 0.717) is 11.6 Å². The standard InChI is InChI=1S/C16H17ClN2O4S/c1-23-14-6-2-12(3-7-14)10-18-16(20)11-19-24(21,22)15-8-4-13(17)5-9-15/h2-9,19H,10-11H2,1H3,(H,18,20). The Labute approximate surface area is 145 Å². The molecule has 2 aromatic carbocycles. The van der Waals surface area contributed by atoms with Gasteiger partial charge in [0, 0.05) is 11.6 Å². The van der Waals surface area contributed by atoms with Crippen molar-refractivity contribution < 1.29 is 17.9 Å². The average Bonchev–Trinajstić information content (AvgIpc) is 2.59. The van der Waals surface area contributed by atoms with Crippen molar-refractivity contribution in [3.05, 3.63) is 59.1 Å². The normalized spacial score (nSPS) is 11.1. The monoisotopic (exact) mass is 368 g/mol. The van der Waals surface area contributed by atoms with E-state index in [-0.39, 0.29) is 11.4 Å². The average molecular weight is 369 g/mol. The van der Waals surface area contributed by atoms with Gasteiger partial charge in [0.25, 0.3) is 0 Å². The van der Waals surface area contributed by atoms with E-state index in [1.165, 1.54) is 24.3 Å². The first kappa shape index (κ1) is 18.3. The molecule has 0 bridgehead atoms. The number of rotatable bonds is 7. The number of halogens is 1. The van der Waals surface area contributed by atoms with Crippen molar-refractivity contribution in [3.63, 3.8) is 0 Å². The molecule has 0 saturated carbocycles. The number of hydrogen-bond acceptors (Lipinski definition) is 4. The van der Waals surface area contributed by atoms with Crippen LogP contribution in [0.5, 0.6) is 5.75 Å². The zero-order valence-electron chi connectivity index (χ0n) is 13.0. The Hall–Kier alpha value is -2.09. The van der Waals surface area contributed by atoms with Gasteiger partial charge < -0.3 is 10.1 Å². The molecule has 2 N–H and O–H groups in total. The van der Waals surface area contributed by atoms with Crippen LogP contribution in [0.1, 0.15) is 5.56 Å². The number of nitrogens with one attached hydrogen (secondary N) is 2. The first-order valence-electron chi connectivity index (χ1n) is 7.05. The summed E-state index contributed by atoms with van der Waals surface area (Å²) in [4.78, 5) is 11.8. The fourth-order valence-electron chi connectivity index (χ4n) is 1.86. The van der Waals surface area contributed by atoms with Gasteiger partial charge in [0.05, 0.1) is 18.6 Å². The van der Waals surface area contributed by atoms with Crippen molar-refractivity contribution in [3.8, 4) is 5.75 Å². The van der Waals surface area contributed by atoms with Crippen LogP contribution >= 0.6 is 11.6 Å². The molecule has 0 heterocycles. The third-order valence-electron chi connectivity index (χ3n) is 3.20. The lowest BCUT2D eigenvalue weighted by atomic mass is 10.2. The summed E-state index contributed by atoms with van der Waals surface area (Å²) >= 11 is 5.72. The summed E-state index contributed by atoms with van der Waals surface area (Å²) in [5, 5.41) is 3.08. The lowest BCUT2D eigenvalue weighted by Gasteiger charge is -2.08. The number of sulfonamides is 1. The summed E-state index contributed by atoms with van der Waals surface area (Å²) in [6.45, 7) is -0.0490. The second kappa shape index (κ2) is 8.14. The van der Waals surface area contributed by atoms with Crippen LogP contribution in [0.15, 0.2) is 53.4 Å². The number of carbonyl (C=O) groups is 1. The van der Waals surface area contributed by atoms with Crippen LogP contribution in [0.25, 0.3) is 0 Å². The van der Waals surface area contributed by atoms with E-state index < -0.39 is 15.9 Å². The van der Waals surface area contributed by atoms with E-state index >= 15 is 0 Å². The highest BCUT2D eigenvalue weighted by Gasteiger charge is 2.15. The molecule has 0 aliphatic heterocycles. The fraction of sp³-hybridized carbons (Fsp3) is 0.188. The van der Waals surface area contributed by atoms with Crippen LogP contribution in [0.3, 0.4) is 0 Å². The SMILES string of the molecule is COc1ccc(CNC(=O)CNS(=O)(=O)c2ccc(Cl)cc2)cc1.